The average Bonchev–Trinajstić information content (AvgIpc) is 3.44. The van der Waals surface area contributed by atoms with Crippen LogP contribution >= 0.6 is 23.4 Å². The molecule has 8 heteroatoms. The largest absolute Gasteiger partial charge is 0.441 e. The van der Waals surface area contributed by atoms with Gasteiger partial charge >= 0.3 is 0 Å². The molecule has 0 N–H and O–H groups in total. The summed E-state index contributed by atoms with van der Waals surface area (Å²) in [5.74, 6) is 1.80. The second-order valence-electron chi connectivity index (χ2n) is 7.78. The van der Waals surface area contributed by atoms with E-state index in [2.05, 4.69) is 4.98 Å². The smallest absolute Gasteiger partial charge is 0.262 e. The zero-order chi connectivity index (χ0) is 22.1. The molecule has 4 aromatic rings. The van der Waals surface area contributed by atoms with Crippen LogP contribution in [-0.2, 0) is 17.0 Å². The molecule has 32 heavy (non-hydrogen) atoms. The molecule has 3 heterocycles. The first-order valence-electron chi connectivity index (χ1n) is 10.5. The van der Waals surface area contributed by atoms with Crippen LogP contribution < -0.4 is 5.56 Å². The van der Waals surface area contributed by atoms with Crippen LogP contribution in [0.4, 0.5) is 0 Å². The first kappa shape index (κ1) is 21.2. The monoisotopic (exact) mass is 467 g/mol. The van der Waals surface area contributed by atoms with Crippen LogP contribution in [-0.4, -0.2) is 27.2 Å². The number of fused-ring (bicyclic) bond motifs is 1. The Morgan fingerprint density at radius 1 is 1.19 bits per heavy atom. The van der Waals surface area contributed by atoms with Crippen LogP contribution in [0, 0.1) is 6.92 Å². The highest BCUT2D eigenvalue weighted by atomic mass is 35.5. The fourth-order valence-corrected chi connectivity index (χ4v) is 5.05. The molecule has 6 nitrogen and oxygen atoms in total. The number of ether oxygens (including phenoxy) is 1. The SMILES string of the molecule is Cc1oc(-c2cccc(Cl)c2)nc1CSc1nc2ccccc2c(=O)n1C[C@@H]1CCCO1. The van der Waals surface area contributed by atoms with Gasteiger partial charge in [0.15, 0.2) is 5.16 Å². The molecule has 0 unspecified atom stereocenters. The van der Waals surface area contributed by atoms with E-state index in [1.165, 1.54) is 11.8 Å². The van der Waals surface area contributed by atoms with Crippen molar-refractivity contribution in [3.63, 3.8) is 0 Å². The van der Waals surface area contributed by atoms with Crippen molar-refractivity contribution in [1.29, 1.82) is 0 Å². The molecule has 2 aromatic heterocycles. The maximum Gasteiger partial charge on any atom is 0.262 e. The zero-order valence-electron chi connectivity index (χ0n) is 17.6. The molecule has 0 radical (unpaired) electrons. The second-order valence-corrected chi connectivity index (χ2v) is 9.16. The van der Waals surface area contributed by atoms with Crippen molar-refractivity contribution in [3.05, 3.63) is 75.4 Å². The van der Waals surface area contributed by atoms with Gasteiger partial charge in [-0.2, -0.15) is 0 Å². The summed E-state index contributed by atoms with van der Waals surface area (Å²) in [6.45, 7) is 3.14. The summed E-state index contributed by atoms with van der Waals surface area (Å²) < 4.78 is 13.4. The van der Waals surface area contributed by atoms with Crippen molar-refractivity contribution in [1.82, 2.24) is 14.5 Å². The topological polar surface area (TPSA) is 70.2 Å². The van der Waals surface area contributed by atoms with Gasteiger partial charge in [0.25, 0.3) is 5.56 Å². The van der Waals surface area contributed by atoms with E-state index in [0.717, 1.165) is 36.5 Å². The lowest BCUT2D eigenvalue weighted by molar-refractivity contribution is 0.0937. The molecule has 0 spiro atoms. The fourth-order valence-electron chi connectivity index (χ4n) is 3.85. The van der Waals surface area contributed by atoms with Crippen LogP contribution in [0.3, 0.4) is 0 Å². The Labute approximate surface area is 194 Å². The minimum atomic E-state index is -0.0370. The molecule has 0 bridgehead atoms. The number of nitrogens with zero attached hydrogens (tertiary/aromatic N) is 3. The summed E-state index contributed by atoms with van der Waals surface area (Å²) in [7, 11) is 0. The van der Waals surface area contributed by atoms with Crippen LogP contribution in [0.15, 0.2) is 62.9 Å². The van der Waals surface area contributed by atoms with Gasteiger partial charge in [0.05, 0.1) is 29.2 Å². The lowest BCUT2D eigenvalue weighted by Gasteiger charge is -2.16. The maximum absolute atomic E-state index is 13.2. The van der Waals surface area contributed by atoms with Crippen molar-refractivity contribution in [2.45, 2.75) is 43.3 Å². The van der Waals surface area contributed by atoms with E-state index in [4.69, 9.17) is 25.7 Å². The van der Waals surface area contributed by atoms with Crippen molar-refractivity contribution in [2.24, 2.45) is 0 Å². The maximum atomic E-state index is 13.2. The second kappa shape index (κ2) is 9.10. The van der Waals surface area contributed by atoms with Gasteiger partial charge in [-0.25, -0.2) is 9.97 Å². The summed E-state index contributed by atoms with van der Waals surface area (Å²) in [5.41, 5.74) is 2.30. The van der Waals surface area contributed by atoms with E-state index in [-0.39, 0.29) is 11.7 Å². The standard InChI is InChI=1S/C24H22ClN3O3S/c1-15-21(26-22(31-15)16-6-4-7-17(25)12-16)14-32-24-27-20-10-3-2-9-19(20)23(29)28(24)13-18-8-5-11-30-18/h2-4,6-7,9-10,12,18H,5,8,11,13-14H2,1H3/t18-/m0/s1. The number of hydrogen-bond acceptors (Lipinski definition) is 6. The van der Waals surface area contributed by atoms with Gasteiger partial charge in [0.1, 0.15) is 5.76 Å². The van der Waals surface area contributed by atoms with Crippen LogP contribution in [0.2, 0.25) is 5.02 Å². The van der Waals surface area contributed by atoms with Gasteiger partial charge in [0.2, 0.25) is 5.89 Å². The number of hydrogen-bond donors (Lipinski definition) is 0. The number of oxazole rings is 1. The third-order valence-electron chi connectivity index (χ3n) is 5.54. The van der Waals surface area contributed by atoms with Crippen molar-refractivity contribution in [2.75, 3.05) is 6.61 Å². The molecule has 2 aromatic carbocycles. The summed E-state index contributed by atoms with van der Waals surface area (Å²) in [4.78, 5) is 22.7. The minimum Gasteiger partial charge on any atom is -0.441 e. The number of aromatic nitrogens is 3. The van der Waals surface area contributed by atoms with E-state index in [1.807, 2.05) is 55.5 Å². The predicted octanol–water partition coefficient (Wildman–Crippen LogP) is 5.48. The summed E-state index contributed by atoms with van der Waals surface area (Å²) in [5, 5.41) is 1.92. The van der Waals surface area contributed by atoms with Crippen molar-refractivity contribution >= 4 is 34.3 Å². The van der Waals surface area contributed by atoms with Gasteiger partial charge in [-0.15, -0.1) is 0 Å². The first-order chi connectivity index (χ1) is 15.6. The third kappa shape index (κ3) is 4.33. The molecule has 1 saturated heterocycles. The van der Waals surface area contributed by atoms with E-state index in [9.17, 15) is 4.79 Å². The molecule has 1 aliphatic heterocycles. The molecule has 1 fully saturated rings. The highest BCUT2D eigenvalue weighted by Gasteiger charge is 2.21. The molecule has 164 valence electrons. The number of thioether (sulfide) groups is 1. The zero-order valence-corrected chi connectivity index (χ0v) is 19.2. The Bertz CT molecular complexity index is 1330. The Hall–Kier alpha value is -2.61. The van der Waals surface area contributed by atoms with Crippen molar-refractivity contribution in [3.8, 4) is 11.5 Å². The fraction of sp³-hybridized carbons (Fsp3) is 0.292. The summed E-state index contributed by atoms with van der Waals surface area (Å²) >= 11 is 7.59. The van der Waals surface area contributed by atoms with E-state index in [0.29, 0.717) is 39.3 Å². The lowest BCUT2D eigenvalue weighted by atomic mass is 10.2. The molecular weight excluding hydrogens is 446 g/mol. The van der Waals surface area contributed by atoms with Crippen LogP contribution in [0.5, 0.6) is 0 Å². The van der Waals surface area contributed by atoms with Gasteiger partial charge in [-0.05, 0) is 50.1 Å². The summed E-state index contributed by atoms with van der Waals surface area (Å²) in [6, 6.07) is 14.9. The van der Waals surface area contributed by atoms with Crippen LogP contribution in [0.25, 0.3) is 22.4 Å². The quantitative estimate of drug-likeness (QED) is 0.276. The number of aryl methyl sites for hydroxylation is 1. The van der Waals surface area contributed by atoms with E-state index in [1.54, 1.807) is 4.57 Å². The van der Waals surface area contributed by atoms with Crippen LogP contribution in [0.1, 0.15) is 24.3 Å². The Morgan fingerprint density at radius 2 is 2.06 bits per heavy atom. The number of rotatable bonds is 6. The highest BCUT2D eigenvalue weighted by Crippen LogP contribution is 2.29. The van der Waals surface area contributed by atoms with Gasteiger partial charge in [-0.1, -0.05) is 41.6 Å². The van der Waals surface area contributed by atoms with E-state index < -0.39 is 0 Å². The number of halogens is 1. The first-order valence-corrected chi connectivity index (χ1v) is 11.9. The molecule has 0 amide bonds. The molecule has 0 saturated carbocycles. The molecule has 0 aliphatic carbocycles. The van der Waals surface area contributed by atoms with Gasteiger partial charge < -0.3 is 9.15 Å². The Morgan fingerprint density at radius 3 is 2.88 bits per heavy atom. The average molecular weight is 468 g/mol. The minimum absolute atomic E-state index is 0.0370. The molecule has 1 atom stereocenters. The molecule has 5 rings (SSSR count). The predicted molar refractivity (Wildman–Crippen MR) is 126 cm³/mol. The van der Waals surface area contributed by atoms with E-state index >= 15 is 0 Å². The normalized spacial score (nSPS) is 16.1. The Kier molecular flexibility index (Phi) is 6.04. The van der Waals surface area contributed by atoms with Gasteiger partial charge in [0, 0.05) is 22.9 Å². The van der Waals surface area contributed by atoms with Crippen molar-refractivity contribution < 1.29 is 9.15 Å². The lowest BCUT2D eigenvalue weighted by Crippen LogP contribution is -2.28. The number of para-hydroxylation sites is 1. The molecule has 1 aliphatic rings. The summed E-state index contributed by atoms with van der Waals surface area (Å²) in [6.07, 6.45) is 2.01. The Balaban J connectivity index is 1.45. The highest BCUT2D eigenvalue weighted by molar-refractivity contribution is 7.98. The third-order valence-corrected chi connectivity index (χ3v) is 6.76. The molecular formula is C24H22ClN3O3S. The van der Waals surface area contributed by atoms with Gasteiger partial charge in [-0.3, -0.25) is 9.36 Å². The number of benzene rings is 2.